The summed E-state index contributed by atoms with van der Waals surface area (Å²) in [5, 5.41) is 0. The van der Waals surface area contributed by atoms with E-state index in [0.717, 1.165) is 13.2 Å². The minimum absolute atomic E-state index is 0.548. The molecule has 0 aromatic carbocycles. The molecule has 5 heteroatoms. The molecule has 0 amide bonds. The van der Waals surface area contributed by atoms with Gasteiger partial charge in [0.25, 0.3) is 0 Å². The van der Waals surface area contributed by atoms with Crippen molar-refractivity contribution < 1.29 is 23.7 Å². The molecule has 132 valence electrons. The van der Waals surface area contributed by atoms with Gasteiger partial charge in [0.15, 0.2) is 0 Å². The lowest BCUT2D eigenvalue weighted by Gasteiger charge is -2.19. The predicted octanol–water partition coefficient (Wildman–Crippen LogP) is 2.17. The van der Waals surface area contributed by atoms with Crippen LogP contribution in [0.3, 0.4) is 0 Å². The van der Waals surface area contributed by atoms with Crippen LogP contribution in [0.1, 0.15) is 38.5 Å². The maximum Gasteiger partial charge on any atom is 0.0845 e. The van der Waals surface area contributed by atoms with Crippen molar-refractivity contribution in [2.45, 2.75) is 62.9 Å². The molecule has 0 bridgehead atoms. The third-order valence-corrected chi connectivity index (χ3v) is 5.68. The second-order valence-corrected chi connectivity index (χ2v) is 7.55. The van der Waals surface area contributed by atoms with Crippen LogP contribution < -0.4 is 0 Å². The van der Waals surface area contributed by atoms with Crippen LogP contribution in [0.4, 0.5) is 0 Å². The molecule has 0 radical (unpaired) electrons. The van der Waals surface area contributed by atoms with Gasteiger partial charge in [-0.25, -0.2) is 0 Å². The molecule has 2 saturated carbocycles. The summed E-state index contributed by atoms with van der Waals surface area (Å²) in [4.78, 5) is 0. The van der Waals surface area contributed by atoms with Crippen molar-refractivity contribution >= 4 is 0 Å². The first-order valence-electron chi connectivity index (χ1n) is 9.42. The lowest BCUT2D eigenvalue weighted by atomic mass is 9.90. The fourth-order valence-corrected chi connectivity index (χ4v) is 4.11. The monoisotopic (exact) mass is 326 g/mol. The first-order chi connectivity index (χ1) is 11.4. The molecule has 4 rings (SSSR count). The van der Waals surface area contributed by atoms with Gasteiger partial charge in [-0.15, -0.1) is 0 Å². The molecular weight excluding hydrogens is 296 g/mol. The Morgan fingerprint density at radius 2 is 1.04 bits per heavy atom. The number of ether oxygens (including phenoxy) is 5. The molecule has 23 heavy (non-hydrogen) atoms. The van der Waals surface area contributed by atoms with Crippen LogP contribution in [0.5, 0.6) is 0 Å². The van der Waals surface area contributed by atoms with Gasteiger partial charge in [0.2, 0.25) is 0 Å². The quantitative estimate of drug-likeness (QED) is 0.455. The number of fused-ring (bicyclic) bond motifs is 2. The van der Waals surface area contributed by atoms with Crippen LogP contribution in [0.25, 0.3) is 0 Å². The van der Waals surface area contributed by atoms with Gasteiger partial charge >= 0.3 is 0 Å². The topological polar surface area (TPSA) is 52.8 Å². The van der Waals surface area contributed by atoms with Crippen molar-refractivity contribution in [1.82, 2.24) is 0 Å². The summed E-state index contributed by atoms with van der Waals surface area (Å²) in [5.74, 6) is 1.38. The summed E-state index contributed by atoms with van der Waals surface area (Å²) < 4.78 is 28.1. The second kappa shape index (κ2) is 7.79. The molecule has 0 aromatic rings. The fourth-order valence-electron chi connectivity index (χ4n) is 4.11. The highest BCUT2D eigenvalue weighted by Crippen LogP contribution is 2.40. The summed E-state index contributed by atoms with van der Waals surface area (Å²) in [7, 11) is 0. The zero-order valence-electron chi connectivity index (χ0n) is 14.0. The largest absolute Gasteiger partial charge is 0.379 e. The summed E-state index contributed by atoms with van der Waals surface area (Å²) >= 11 is 0. The Hall–Kier alpha value is -0.200. The van der Waals surface area contributed by atoms with Gasteiger partial charge in [0.05, 0.1) is 50.8 Å². The Labute approximate surface area is 138 Å². The van der Waals surface area contributed by atoms with Crippen LogP contribution in [0.2, 0.25) is 0 Å². The Bertz CT molecular complexity index is 342. The summed E-state index contributed by atoms with van der Waals surface area (Å²) in [6.07, 6.45) is 9.60. The molecule has 4 aliphatic rings. The molecule has 6 unspecified atom stereocenters. The van der Waals surface area contributed by atoms with Crippen molar-refractivity contribution in [3.05, 3.63) is 0 Å². The van der Waals surface area contributed by atoms with E-state index < -0.39 is 0 Å². The highest BCUT2D eigenvalue weighted by Gasteiger charge is 2.44. The van der Waals surface area contributed by atoms with Gasteiger partial charge in [0, 0.05) is 13.2 Å². The van der Waals surface area contributed by atoms with E-state index in [-0.39, 0.29) is 0 Å². The smallest absolute Gasteiger partial charge is 0.0845 e. The first-order valence-corrected chi connectivity index (χ1v) is 9.42. The van der Waals surface area contributed by atoms with Crippen LogP contribution in [0, 0.1) is 11.8 Å². The van der Waals surface area contributed by atoms with Crippen LogP contribution in [-0.2, 0) is 23.7 Å². The molecule has 2 saturated heterocycles. The number of rotatable bonds is 10. The van der Waals surface area contributed by atoms with Gasteiger partial charge in [-0.2, -0.15) is 0 Å². The van der Waals surface area contributed by atoms with Gasteiger partial charge < -0.3 is 23.7 Å². The zero-order chi connectivity index (χ0) is 15.5. The Balaban J connectivity index is 0.928. The van der Waals surface area contributed by atoms with Crippen molar-refractivity contribution in [3.8, 4) is 0 Å². The molecular formula is C18H30O5. The van der Waals surface area contributed by atoms with Crippen molar-refractivity contribution in [1.29, 1.82) is 0 Å². The van der Waals surface area contributed by atoms with E-state index >= 15 is 0 Å². The lowest BCUT2D eigenvalue weighted by Crippen LogP contribution is -2.20. The van der Waals surface area contributed by atoms with Crippen molar-refractivity contribution in [2.75, 3.05) is 39.6 Å². The molecule has 2 aliphatic carbocycles. The van der Waals surface area contributed by atoms with Gasteiger partial charge in [-0.1, -0.05) is 0 Å². The third kappa shape index (κ3) is 4.89. The highest BCUT2D eigenvalue weighted by molar-refractivity contribution is 4.92. The molecule has 0 N–H and O–H groups in total. The number of hydrogen-bond donors (Lipinski definition) is 0. The SMILES string of the molecule is C(COCC1CCC2OC2C1)OCCOCC1CCC2OC2C1. The van der Waals surface area contributed by atoms with E-state index in [2.05, 4.69) is 0 Å². The van der Waals surface area contributed by atoms with Crippen LogP contribution in [0.15, 0.2) is 0 Å². The number of hydrogen-bond acceptors (Lipinski definition) is 5. The van der Waals surface area contributed by atoms with Crippen LogP contribution in [-0.4, -0.2) is 64.1 Å². The Morgan fingerprint density at radius 3 is 1.52 bits per heavy atom. The van der Waals surface area contributed by atoms with E-state index in [4.69, 9.17) is 23.7 Å². The Morgan fingerprint density at radius 1 is 0.565 bits per heavy atom. The minimum Gasteiger partial charge on any atom is -0.379 e. The standard InChI is InChI=1S/C18H30O5/c1-3-15-17(22-15)9-13(1)11-20-7-5-19-6-8-21-12-14-2-4-16-18(10-14)23-16/h13-18H,1-12H2. The average molecular weight is 326 g/mol. The highest BCUT2D eigenvalue weighted by atomic mass is 16.6. The minimum atomic E-state index is 0.548. The molecule has 0 spiro atoms. The van der Waals surface area contributed by atoms with E-state index in [9.17, 15) is 0 Å². The molecule has 4 fully saturated rings. The fraction of sp³-hybridized carbons (Fsp3) is 1.00. The second-order valence-electron chi connectivity index (χ2n) is 7.55. The molecule has 2 heterocycles. The van der Waals surface area contributed by atoms with Gasteiger partial charge in [0.1, 0.15) is 0 Å². The van der Waals surface area contributed by atoms with Crippen molar-refractivity contribution in [2.24, 2.45) is 11.8 Å². The third-order valence-electron chi connectivity index (χ3n) is 5.68. The predicted molar refractivity (Wildman–Crippen MR) is 84.5 cm³/mol. The van der Waals surface area contributed by atoms with Crippen LogP contribution >= 0.6 is 0 Å². The first kappa shape index (κ1) is 16.3. The maximum atomic E-state index is 5.72. The van der Waals surface area contributed by atoms with E-state index in [1.54, 1.807) is 0 Å². The summed E-state index contributed by atoms with van der Waals surface area (Å²) in [6.45, 7) is 4.43. The van der Waals surface area contributed by atoms with Crippen molar-refractivity contribution in [3.63, 3.8) is 0 Å². The molecule has 5 nitrogen and oxygen atoms in total. The lowest BCUT2D eigenvalue weighted by molar-refractivity contribution is -0.00221. The van der Waals surface area contributed by atoms with Gasteiger partial charge in [-0.3, -0.25) is 0 Å². The summed E-state index contributed by atoms with van der Waals surface area (Å²) in [5.41, 5.74) is 0. The van der Waals surface area contributed by atoms with E-state index in [1.807, 2.05) is 0 Å². The van der Waals surface area contributed by atoms with E-state index in [1.165, 1.54) is 38.5 Å². The Kier molecular flexibility index (Phi) is 5.51. The summed E-state index contributed by atoms with van der Waals surface area (Å²) in [6, 6.07) is 0. The molecule has 6 atom stereocenters. The maximum absolute atomic E-state index is 5.72. The zero-order valence-corrected chi connectivity index (χ0v) is 14.0. The molecule has 2 aliphatic heterocycles. The molecule has 0 aromatic heterocycles. The normalized spacial score (nSPS) is 41.2. The van der Waals surface area contributed by atoms with E-state index in [0.29, 0.717) is 62.7 Å². The number of epoxide rings is 2. The van der Waals surface area contributed by atoms with Gasteiger partial charge in [-0.05, 0) is 50.4 Å². The average Bonchev–Trinajstić information content (AvgIpc) is 3.46.